The summed E-state index contributed by atoms with van der Waals surface area (Å²) in [6.07, 6.45) is 0. The van der Waals surface area contributed by atoms with Gasteiger partial charge in [-0.25, -0.2) is 13.7 Å². The Labute approximate surface area is 181 Å². The normalized spacial score (nSPS) is 20.1. The highest BCUT2D eigenvalue weighted by Gasteiger charge is 2.55. The van der Waals surface area contributed by atoms with E-state index in [4.69, 9.17) is 4.52 Å². The van der Waals surface area contributed by atoms with Gasteiger partial charge < -0.3 is 4.52 Å². The molecule has 2 amide bonds. The van der Waals surface area contributed by atoms with E-state index in [0.717, 1.165) is 33.1 Å². The molecule has 3 heterocycles. The Balaban J connectivity index is 1.37. The molecule has 2 aliphatic heterocycles. The van der Waals surface area contributed by atoms with Crippen molar-refractivity contribution in [2.24, 2.45) is 10.3 Å². The van der Waals surface area contributed by atoms with Crippen LogP contribution in [-0.4, -0.2) is 39.0 Å². The SMILES string of the molecule is O=C1[C@H]2N=NN(Cc3nc(-c4cccc(Br)c4)no3)[C@@H]2C(=O)N1c1ccc(F)c(F)c1. The lowest BCUT2D eigenvalue weighted by atomic mass is 10.1. The van der Waals surface area contributed by atoms with Crippen LogP contribution >= 0.6 is 15.9 Å². The van der Waals surface area contributed by atoms with Crippen molar-refractivity contribution in [1.29, 1.82) is 0 Å². The van der Waals surface area contributed by atoms with E-state index in [2.05, 4.69) is 36.4 Å². The van der Waals surface area contributed by atoms with Gasteiger partial charge >= 0.3 is 0 Å². The highest BCUT2D eigenvalue weighted by molar-refractivity contribution is 9.10. The topological polar surface area (TPSA) is 104 Å². The van der Waals surface area contributed by atoms with E-state index in [1.165, 1.54) is 5.01 Å². The number of anilines is 1. The minimum absolute atomic E-state index is 0.0592. The van der Waals surface area contributed by atoms with Crippen LogP contribution in [0.5, 0.6) is 0 Å². The molecule has 12 heteroatoms. The Morgan fingerprint density at radius 1 is 1.06 bits per heavy atom. The molecule has 2 aromatic carbocycles. The Morgan fingerprint density at radius 2 is 1.90 bits per heavy atom. The molecule has 0 aliphatic carbocycles. The average molecular weight is 489 g/mol. The summed E-state index contributed by atoms with van der Waals surface area (Å²) in [5, 5.41) is 13.0. The van der Waals surface area contributed by atoms with Crippen molar-refractivity contribution < 1.29 is 22.9 Å². The number of imide groups is 1. The number of carbonyl (C=O) groups excluding carboxylic acids is 2. The second kappa shape index (κ2) is 7.30. The van der Waals surface area contributed by atoms with Gasteiger partial charge in [-0.2, -0.15) is 10.1 Å². The number of rotatable bonds is 4. The summed E-state index contributed by atoms with van der Waals surface area (Å²) in [5.41, 5.74) is 0.648. The highest BCUT2D eigenvalue weighted by atomic mass is 79.9. The maximum Gasteiger partial charge on any atom is 0.263 e. The number of nitrogens with zero attached hydrogens (tertiary/aromatic N) is 6. The van der Waals surface area contributed by atoms with Crippen LogP contribution in [0.2, 0.25) is 0 Å². The third-order valence-corrected chi connectivity index (χ3v) is 5.36. The summed E-state index contributed by atoms with van der Waals surface area (Å²) < 4.78 is 32.9. The van der Waals surface area contributed by atoms with Crippen LogP contribution in [0, 0.1) is 11.6 Å². The van der Waals surface area contributed by atoms with Gasteiger partial charge in [-0.1, -0.05) is 38.4 Å². The molecular formula is C19H11BrF2N6O3. The Hall–Kier alpha value is -3.54. The number of hydrogen-bond acceptors (Lipinski definition) is 8. The molecule has 1 fully saturated rings. The van der Waals surface area contributed by atoms with Crippen molar-refractivity contribution in [3.05, 3.63) is 64.5 Å². The highest BCUT2D eigenvalue weighted by Crippen LogP contribution is 2.33. The van der Waals surface area contributed by atoms with Gasteiger partial charge in [-0.3, -0.25) is 14.6 Å². The quantitative estimate of drug-likeness (QED) is 0.522. The van der Waals surface area contributed by atoms with E-state index in [0.29, 0.717) is 5.82 Å². The fourth-order valence-corrected chi connectivity index (χ4v) is 3.83. The van der Waals surface area contributed by atoms with Gasteiger partial charge in [0.05, 0.1) is 5.69 Å². The Bertz CT molecular complexity index is 1250. The van der Waals surface area contributed by atoms with Gasteiger partial charge in [-0.15, -0.1) is 0 Å². The zero-order valence-corrected chi connectivity index (χ0v) is 17.0. The minimum atomic E-state index is -1.17. The lowest BCUT2D eigenvalue weighted by Gasteiger charge is -2.19. The van der Waals surface area contributed by atoms with E-state index in [-0.39, 0.29) is 18.1 Å². The van der Waals surface area contributed by atoms with Crippen LogP contribution in [0.4, 0.5) is 14.5 Å². The molecule has 9 nitrogen and oxygen atoms in total. The van der Waals surface area contributed by atoms with Crippen LogP contribution in [-0.2, 0) is 16.1 Å². The molecule has 31 heavy (non-hydrogen) atoms. The summed E-state index contributed by atoms with van der Waals surface area (Å²) in [4.78, 5) is 30.7. The second-order valence-corrected chi connectivity index (χ2v) is 7.74. The molecule has 2 atom stereocenters. The molecule has 0 radical (unpaired) electrons. The lowest BCUT2D eigenvalue weighted by molar-refractivity contribution is -0.123. The summed E-state index contributed by atoms with van der Waals surface area (Å²) in [7, 11) is 0. The molecule has 5 rings (SSSR count). The first-order valence-corrected chi connectivity index (χ1v) is 9.80. The van der Waals surface area contributed by atoms with Crippen molar-refractivity contribution in [3.63, 3.8) is 0 Å². The van der Waals surface area contributed by atoms with E-state index in [9.17, 15) is 18.4 Å². The molecule has 2 aliphatic rings. The third-order valence-electron chi connectivity index (χ3n) is 4.87. The second-order valence-electron chi connectivity index (χ2n) is 6.82. The summed E-state index contributed by atoms with van der Waals surface area (Å²) in [6.45, 7) is -0.0592. The molecule has 0 bridgehead atoms. The summed E-state index contributed by atoms with van der Waals surface area (Å²) in [5.74, 6) is -3.06. The van der Waals surface area contributed by atoms with Crippen LogP contribution < -0.4 is 4.90 Å². The molecule has 0 spiro atoms. The van der Waals surface area contributed by atoms with Crippen molar-refractivity contribution in [1.82, 2.24) is 15.1 Å². The van der Waals surface area contributed by atoms with Gasteiger partial charge in [0.2, 0.25) is 11.7 Å². The van der Waals surface area contributed by atoms with E-state index in [1.54, 1.807) is 0 Å². The van der Waals surface area contributed by atoms with Crippen molar-refractivity contribution in [3.8, 4) is 11.4 Å². The van der Waals surface area contributed by atoms with Crippen LogP contribution in [0.3, 0.4) is 0 Å². The van der Waals surface area contributed by atoms with E-state index >= 15 is 0 Å². The molecule has 0 saturated carbocycles. The van der Waals surface area contributed by atoms with Crippen LogP contribution in [0.25, 0.3) is 11.4 Å². The molecule has 0 unspecified atom stereocenters. The first-order valence-electron chi connectivity index (χ1n) is 9.01. The number of aromatic nitrogens is 2. The molecule has 3 aromatic rings. The minimum Gasteiger partial charge on any atom is -0.337 e. The maximum absolute atomic E-state index is 13.6. The van der Waals surface area contributed by atoms with Crippen molar-refractivity contribution in [2.45, 2.75) is 18.6 Å². The van der Waals surface area contributed by atoms with Crippen LogP contribution in [0.15, 0.2) is 61.8 Å². The average Bonchev–Trinajstić information content (AvgIpc) is 3.43. The zero-order chi connectivity index (χ0) is 21.7. The van der Waals surface area contributed by atoms with Gasteiger partial charge in [0, 0.05) is 16.1 Å². The smallest absolute Gasteiger partial charge is 0.263 e. The van der Waals surface area contributed by atoms with Gasteiger partial charge in [0.1, 0.15) is 6.54 Å². The largest absolute Gasteiger partial charge is 0.337 e. The number of halogens is 3. The first-order chi connectivity index (χ1) is 14.9. The number of fused-ring (bicyclic) bond motifs is 1. The van der Waals surface area contributed by atoms with Crippen molar-refractivity contribution >= 4 is 33.4 Å². The Kier molecular flexibility index (Phi) is 4.58. The number of hydrogen-bond donors (Lipinski definition) is 0. The number of benzene rings is 2. The predicted octanol–water partition coefficient (Wildman–Crippen LogP) is 3.27. The van der Waals surface area contributed by atoms with E-state index < -0.39 is 35.5 Å². The molecule has 0 N–H and O–H groups in total. The lowest BCUT2D eigenvalue weighted by Crippen LogP contribution is -2.39. The predicted molar refractivity (Wildman–Crippen MR) is 104 cm³/mol. The Morgan fingerprint density at radius 3 is 2.68 bits per heavy atom. The fraction of sp³-hybridized carbons (Fsp3) is 0.158. The summed E-state index contributed by atoms with van der Waals surface area (Å²) >= 11 is 3.37. The third kappa shape index (κ3) is 3.28. The molecule has 1 saturated heterocycles. The number of carbonyl (C=O) groups is 2. The molecule has 156 valence electrons. The van der Waals surface area contributed by atoms with E-state index in [1.807, 2.05) is 24.3 Å². The van der Waals surface area contributed by atoms with Crippen LogP contribution in [0.1, 0.15) is 5.89 Å². The molecular weight excluding hydrogens is 478 g/mol. The fourth-order valence-electron chi connectivity index (χ4n) is 3.43. The monoisotopic (exact) mass is 488 g/mol. The number of amides is 2. The van der Waals surface area contributed by atoms with Gasteiger partial charge in [0.25, 0.3) is 11.8 Å². The standard InChI is InChI=1S/C19H11BrF2N6O3/c20-10-3-1-2-9(6-10)17-23-14(31-25-17)8-27-16-15(24-26-27)18(29)28(19(16)30)11-4-5-12(21)13(22)7-11/h1-7,15-16H,8H2/t15-,16-/m0/s1. The summed E-state index contributed by atoms with van der Waals surface area (Å²) in [6, 6.07) is 7.97. The van der Waals surface area contributed by atoms with Crippen molar-refractivity contribution in [2.75, 3.05) is 4.90 Å². The van der Waals surface area contributed by atoms with Gasteiger partial charge in [0.15, 0.2) is 23.7 Å². The first kappa shape index (κ1) is 19.4. The zero-order valence-electron chi connectivity index (χ0n) is 15.4. The maximum atomic E-state index is 13.6. The molecule has 1 aromatic heterocycles. The van der Waals surface area contributed by atoms with Gasteiger partial charge in [-0.05, 0) is 24.3 Å².